The second-order valence-electron chi connectivity index (χ2n) is 8.26. The lowest BCUT2D eigenvalue weighted by atomic mass is 9.91. The number of rotatable bonds is 4. The quantitative estimate of drug-likeness (QED) is 0.693. The summed E-state index contributed by atoms with van der Waals surface area (Å²) in [6.45, 7) is 10.3. The summed E-state index contributed by atoms with van der Waals surface area (Å²) in [5.74, 6) is -0.232. The Labute approximate surface area is 149 Å². The van der Waals surface area contributed by atoms with Crippen molar-refractivity contribution >= 4 is 30.3 Å². The summed E-state index contributed by atoms with van der Waals surface area (Å²) in [4.78, 5) is 13.0. The summed E-state index contributed by atoms with van der Waals surface area (Å²) < 4.78 is 15.3. The third-order valence-corrected chi connectivity index (χ3v) is 10.1. The zero-order chi connectivity index (χ0) is 18.3. The summed E-state index contributed by atoms with van der Waals surface area (Å²) >= 11 is 1.30. The normalized spacial score (nSPS) is 24.4. The molecule has 1 fully saturated rings. The molecule has 1 atom stereocenters. The average Bonchev–Trinajstić information content (AvgIpc) is 2.92. The van der Waals surface area contributed by atoms with Crippen molar-refractivity contribution in [2.24, 2.45) is 5.92 Å². The van der Waals surface area contributed by atoms with Crippen LogP contribution in [0.15, 0.2) is 6.07 Å². The first kappa shape index (κ1) is 19.5. The van der Waals surface area contributed by atoms with Crippen LogP contribution in [0.25, 0.3) is 0 Å². The van der Waals surface area contributed by atoms with Crippen LogP contribution >= 0.6 is 18.6 Å². The van der Waals surface area contributed by atoms with Gasteiger partial charge in [0.1, 0.15) is 4.88 Å². The molecule has 1 heterocycles. The summed E-state index contributed by atoms with van der Waals surface area (Å²) in [5, 5.41) is 9.60. The molecule has 0 aliphatic heterocycles. The van der Waals surface area contributed by atoms with Gasteiger partial charge in [-0.3, -0.25) is 0 Å². The molecule has 0 aromatic carbocycles. The summed E-state index contributed by atoms with van der Waals surface area (Å²) in [6.07, 6.45) is 4.16. The molecule has 2 rings (SSSR count). The van der Waals surface area contributed by atoms with Gasteiger partial charge < -0.3 is 14.3 Å². The summed E-state index contributed by atoms with van der Waals surface area (Å²) in [6, 6.07) is 1.93. The van der Waals surface area contributed by atoms with Crippen molar-refractivity contribution in [1.82, 2.24) is 0 Å². The topological polar surface area (TPSA) is 57.6 Å². The first-order valence-corrected chi connectivity index (χ1v) is 11.6. The SMILES string of the molecule is CC1CCC(P(C)(=O)N(C)c2cc(C(C)(C)C)sc2C(=O)O)CC1. The Balaban J connectivity index is 2.37. The van der Waals surface area contributed by atoms with Crippen LogP contribution in [0.4, 0.5) is 5.69 Å². The number of carboxylic acids is 1. The van der Waals surface area contributed by atoms with Gasteiger partial charge in [0.05, 0.1) is 5.69 Å². The van der Waals surface area contributed by atoms with Crippen molar-refractivity contribution in [3.63, 3.8) is 0 Å². The number of hydrogen-bond acceptors (Lipinski definition) is 3. The number of aromatic carboxylic acids is 1. The smallest absolute Gasteiger partial charge is 0.348 e. The fourth-order valence-electron chi connectivity index (χ4n) is 3.33. The van der Waals surface area contributed by atoms with Crippen LogP contribution in [-0.4, -0.2) is 30.4 Å². The average molecular weight is 371 g/mol. The molecular formula is C18H30NO3PS. The van der Waals surface area contributed by atoms with Gasteiger partial charge in [-0.1, -0.05) is 27.7 Å². The minimum absolute atomic E-state index is 0.119. The minimum Gasteiger partial charge on any atom is -0.477 e. The molecule has 4 nitrogen and oxygen atoms in total. The Morgan fingerprint density at radius 1 is 1.29 bits per heavy atom. The van der Waals surface area contributed by atoms with Gasteiger partial charge in [0, 0.05) is 24.2 Å². The van der Waals surface area contributed by atoms with E-state index in [9.17, 15) is 14.5 Å². The van der Waals surface area contributed by atoms with Gasteiger partial charge in [0.15, 0.2) is 7.29 Å². The Morgan fingerprint density at radius 2 is 1.83 bits per heavy atom. The predicted octanol–water partition coefficient (Wildman–Crippen LogP) is 5.67. The lowest BCUT2D eigenvalue weighted by Gasteiger charge is -2.37. The summed E-state index contributed by atoms with van der Waals surface area (Å²) in [5.41, 5.74) is 0.659. The van der Waals surface area contributed by atoms with Gasteiger partial charge in [-0.25, -0.2) is 4.79 Å². The molecule has 136 valence electrons. The number of carbonyl (C=O) groups is 1. The van der Waals surface area contributed by atoms with Crippen molar-refractivity contribution in [3.8, 4) is 0 Å². The maximum absolute atomic E-state index is 13.5. The van der Waals surface area contributed by atoms with E-state index in [-0.39, 0.29) is 11.1 Å². The molecule has 1 aromatic rings. The van der Waals surface area contributed by atoms with Gasteiger partial charge in [-0.05, 0) is 43.1 Å². The predicted molar refractivity (Wildman–Crippen MR) is 103 cm³/mol. The van der Waals surface area contributed by atoms with Crippen LogP contribution in [0.2, 0.25) is 0 Å². The van der Waals surface area contributed by atoms with Crippen molar-refractivity contribution < 1.29 is 14.5 Å². The molecule has 0 bridgehead atoms. The van der Waals surface area contributed by atoms with E-state index in [0.717, 1.165) is 30.6 Å². The standard InChI is InChI=1S/C18H30NO3PS/c1-12-7-9-13(10-8-12)23(6,22)19(5)14-11-15(18(2,3)4)24-16(14)17(20)21/h11-13H,7-10H2,1-6H3,(H,20,21). The summed E-state index contributed by atoms with van der Waals surface area (Å²) in [7, 11) is -0.831. The molecule has 0 spiro atoms. The molecule has 24 heavy (non-hydrogen) atoms. The van der Waals surface area contributed by atoms with Crippen LogP contribution in [0, 0.1) is 5.92 Å². The molecule has 1 unspecified atom stereocenters. The van der Waals surface area contributed by atoms with Crippen LogP contribution < -0.4 is 4.67 Å². The van der Waals surface area contributed by atoms with Gasteiger partial charge >= 0.3 is 5.97 Å². The van der Waals surface area contributed by atoms with Crippen molar-refractivity contribution in [2.75, 3.05) is 18.4 Å². The zero-order valence-corrected chi connectivity index (χ0v) is 17.3. The monoisotopic (exact) mass is 371 g/mol. The molecule has 1 saturated carbocycles. The maximum atomic E-state index is 13.5. The highest BCUT2D eigenvalue weighted by molar-refractivity contribution is 7.65. The number of hydrogen-bond donors (Lipinski definition) is 1. The number of thiophene rings is 1. The number of carboxylic acid groups (broad SMARTS) is 1. The third-order valence-electron chi connectivity index (χ3n) is 5.25. The van der Waals surface area contributed by atoms with Gasteiger partial charge in [0.2, 0.25) is 0 Å². The molecule has 0 amide bonds. The molecule has 0 saturated heterocycles. The lowest BCUT2D eigenvalue weighted by Crippen LogP contribution is -2.26. The van der Waals surface area contributed by atoms with Gasteiger partial charge in [0.25, 0.3) is 0 Å². The van der Waals surface area contributed by atoms with E-state index >= 15 is 0 Å². The fraction of sp³-hybridized carbons (Fsp3) is 0.722. The van der Waals surface area contributed by atoms with E-state index in [2.05, 4.69) is 27.7 Å². The Morgan fingerprint density at radius 3 is 2.29 bits per heavy atom. The lowest BCUT2D eigenvalue weighted by molar-refractivity contribution is 0.0703. The highest BCUT2D eigenvalue weighted by atomic mass is 32.1. The molecule has 1 aliphatic carbocycles. The highest BCUT2D eigenvalue weighted by Crippen LogP contribution is 2.58. The van der Waals surface area contributed by atoms with E-state index in [1.165, 1.54) is 11.3 Å². The van der Waals surface area contributed by atoms with E-state index in [1.54, 1.807) is 11.7 Å². The van der Waals surface area contributed by atoms with E-state index in [0.29, 0.717) is 16.5 Å². The maximum Gasteiger partial charge on any atom is 0.348 e. The van der Waals surface area contributed by atoms with Crippen LogP contribution in [0.1, 0.15) is 67.9 Å². The van der Waals surface area contributed by atoms with E-state index in [1.807, 2.05) is 12.7 Å². The molecule has 0 radical (unpaired) electrons. The molecular weight excluding hydrogens is 341 g/mol. The van der Waals surface area contributed by atoms with Crippen molar-refractivity contribution in [1.29, 1.82) is 0 Å². The Kier molecular flexibility index (Phi) is 5.56. The Hall–Kier alpha value is -0.800. The highest BCUT2D eigenvalue weighted by Gasteiger charge is 2.37. The van der Waals surface area contributed by atoms with Crippen molar-refractivity contribution in [2.45, 2.75) is 64.5 Å². The van der Waals surface area contributed by atoms with Crippen LogP contribution in [0.5, 0.6) is 0 Å². The Bertz CT molecular complexity index is 654. The van der Waals surface area contributed by atoms with Gasteiger partial charge in [-0.15, -0.1) is 11.3 Å². The second-order valence-corrected chi connectivity index (χ2v) is 12.5. The van der Waals surface area contributed by atoms with E-state index < -0.39 is 13.3 Å². The van der Waals surface area contributed by atoms with Gasteiger partial charge in [-0.2, -0.15) is 0 Å². The first-order valence-electron chi connectivity index (χ1n) is 8.63. The molecule has 6 heteroatoms. The van der Waals surface area contributed by atoms with Crippen LogP contribution in [0.3, 0.4) is 0 Å². The number of nitrogens with zero attached hydrogens (tertiary/aromatic N) is 1. The zero-order valence-electron chi connectivity index (χ0n) is 15.6. The number of anilines is 1. The first-order chi connectivity index (χ1) is 10.9. The largest absolute Gasteiger partial charge is 0.477 e. The molecule has 1 aromatic heterocycles. The molecule has 1 aliphatic rings. The van der Waals surface area contributed by atoms with Crippen LogP contribution in [-0.2, 0) is 9.98 Å². The van der Waals surface area contributed by atoms with Crippen molar-refractivity contribution in [3.05, 3.63) is 15.8 Å². The second kappa shape index (κ2) is 6.84. The third kappa shape index (κ3) is 3.88. The molecule has 1 N–H and O–H groups in total. The minimum atomic E-state index is -2.64. The van der Waals surface area contributed by atoms with E-state index in [4.69, 9.17) is 0 Å². The fourth-order valence-corrected chi connectivity index (χ4v) is 6.81.